The lowest BCUT2D eigenvalue weighted by Crippen LogP contribution is -2.20. The van der Waals surface area contributed by atoms with Crippen molar-refractivity contribution >= 4 is 5.78 Å². The van der Waals surface area contributed by atoms with Gasteiger partial charge in [0.25, 0.3) is 0 Å². The Morgan fingerprint density at radius 1 is 1.41 bits per heavy atom. The monoisotopic (exact) mass is 304 g/mol. The maximum atomic E-state index is 12.7. The van der Waals surface area contributed by atoms with Crippen LogP contribution < -0.4 is 0 Å². The Hall–Kier alpha value is -0.890. The smallest absolute Gasteiger partial charge is 0.144 e. The third-order valence-electron chi connectivity index (χ3n) is 5.42. The normalized spacial score (nSPS) is 39.3. The molecule has 2 nitrogen and oxygen atoms in total. The third-order valence-corrected chi connectivity index (χ3v) is 5.42. The van der Waals surface area contributed by atoms with Crippen molar-refractivity contribution in [3.05, 3.63) is 23.8 Å². The molecule has 0 bridgehead atoms. The van der Waals surface area contributed by atoms with Crippen molar-refractivity contribution in [2.24, 2.45) is 17.8 Å². The zero-order valence-electron chi connectivity index (χ0n) is 14.9. The summed E-state index contributed by atoms with van der Waals surface area (Å²) in [4.78, 5) is 12.7. The number of allylic oxidation sites excluding steroid dienone is 3. The zero-order valence-corrected chi connectivity index (χ0v) is 14.9. The summed E-state index contributed by atoms with van der Waals surface area (Å²) in [5, 5.41) is 0. The highest BCUT2D eigenvalue weighted by Crippen LogP contribution is 2.45. The second-order valence-electron chi connectivity index (χ2n) is 7.99. The molecule has 22 heavy (non-hydrogen) atoms. The van der Waals surface area contributed by atoms with Crippen LogP contribution in [0.3, 0.4) is 0 Å². The predicted octanol–water partition coefficient (Wildman–Crippen LogP) is 5.09. The van der Waals surface area contributed by atoms with Gasteiger partial charge in [-0.15, -0.1) is 0 Å². The van der Waals surface area contributed by atoms with Crippen molar-refractivity contribution in [1.82, 2.24) is 0 Å². The van der Waals surface area contributed by atoms with E-state index in [2.05, 4.69) is 40.3 Å². The molecular weight excluding hydrogens is 272 g/mol. The van der Waals surface area contributed by atoms with Gasteiger partial charge in [0.05, 0.1) is 17.6 Å². The van der Waals surface area contributed by atoms with Crippen LogP contribution in [0.2, 0.25) is 0 Å². The number of fused-ring (bicyclic) bond motifs is 1. The van der Waals surface area contributed by atoms with Gasteiger partial charge in [-0.1, -0.05) is 44.6 Å². The van der Waals surface area contributed by atoms with Crippen LogP contribution in [0.25, 0.3) is 0 Å². The van der Waals surface area contributed by atoms with Crippen molar-refractivity contribution in [2.45, 2.75) is 78.4 Å². The Kier molecular flexibility index (Phi) is 5.32. The molecule has 4 atom stereocenters. The van der Waals surface area contributed by atoms with Gasteiger partial charge in [0.2, 0.25) is 0 Å². The lowest BCUT2D eigenvalue weighted by atomic mass is 9.82. The molecule has 1 fully saturated rings. The Morgan fingerprint density at radius 2 is 2.09 bits per heavy atom. The van der Waals surface area contributed by atoms with Crippen LogP contribution in [-0.2, 0) is 9.53 Å². The molecule has 2 rings (SSSR count). The van der Waals surface area contributed by atoms with E-state index in [1.54, 1.807) is 0 Å². The summed E-state index contributed by atoms with van der Waals surface area (Å²) in [6.07, 6.45) is 7.51. The van der Waals surface area contributed by atoms with E-state index < -0.39 is 0 Å². The Balaban J connectivity index is 2.26. The Labute approximate surface area is 136 Å². The van der Waals surface area contributed by atoms with Gasteiger partial charge >= 0.3 is 0 Å². The van der Waals surface area contributed by atoms with E-state index in [4.69, 9.17) is 4.74 Å². The summed E-state index contributed by atoms with van der Waals surface area (Å²) in [5.74, 6) is 1.12. The van der Waals surface area contributed by atoms with E-state index in [0.29, 0.717) is 30.1 Å². The second kappa shape index (κ2) is 6.70. The lowest BCUT2D eigenvalue weighted by Gasteiger charge is -2.21. The first kappa shape index (κ1) is 17.5. The van der Waals surface area contributed by atoms with Crippen molar-refractivity contribution in [1.29, 1.82) is 0 Å². The highest BCUT2D eigenvalue weighted by molar-refractivity contribution is 5.85. The molecule has 1 saturated heterocycles. The fourth-order valence-corrected chi connectivity index (χ4v) is 3.56. The van der Waals surface area contributed by atoms with Crippen LogP contribution in [0.4, 0.5) is 0 Å². The van der Waals surface area contributed by atoms with Gasteiger partial charge in [0.15, 0.2) is 0 Å². The minimum Gasteiger partial charge on any atom is -0.366 e. The second-order valence-corrected chi connectivity index (χ2v) is 7.99. The summed E-state index contributed by atoms with van der Waals surface area (Å²) < 4.78 is 5.97. The van der Waals surface area contributed by atoms with Crippen LogP contribution in [0.1, 0.15) is 66.7 Å². The molecule has 124 valence electrons. The molecule has 0 saturated carbocycles. The third kappa shape index (κ3) is 4.10. The number of ether oxygens (including phenoxy) is 1. The average Bonchev–Trinajstić information content (AvgIpc) is 3.05. The molecule has 1 heterocycles. The number of epoxide rings is 1. The molecule has 0 spiro atoms. The van der Waals surface area contributed by atoms with Gasteiger partial charge in [-0.25, -0.2) is 0 Å². The summed E-state index contributed by atoms with van der Waals surface area (Å²) in [6, 6.07) is 0. The van der Waals surface area contributed by atoms with Crippen molar-refractivity contribution in [2.75, 3.05) is 0 Å². The highest BCUT2D eigenvalue weighted by atomic mass is 16.6. The average molecular weight is 304 g/mol. The molecule has 0 amide bonds. The maximum Gasteiger partial charge on any atom is 0.144 e. The van der Waals surface area contributed by atoms with Crippen molar-refractivity contribution < 1.29 is 9.53 Å². The molecule has 0 radical (unpaired) electrons. The topological polar surface area (TPSA) is 29.6 Å². The lowest BCUT2D eigenvalue weighted by molar-refractivity contribution is -0.121. The van der Waals surface area contributed by atoms with Crippen LogP contribution in [0, 0.1) is 17.8 Å². The van der Waals surface area contributed by atoms with Gasteiger partial charge in [0.1, 0.15) is 5.78 Å². The molecule has 0 aromatic carbocycles. The van der Waals surface area contributed by atoms with E-state index in [0.717, 1.165) is 31.3 Å². The molecule has 1 aliphatic heterocycles. The maximum absolute atomic E-state index is 12.7. The first-order chi connectivity index (χ1) is 10.2. The minimum absolute atomic E-state index is 0.0651. The standard InChI is InChI=1S/C20H32O2/c1-13(2)16-9-10-20(6)19(22-20)8-7-15(5)11-18(21)17(12-16)14(3)4/h12-13,15,17,19H,3,7-11H2,1-2,4-6H3/b16-12+/t15-,17-,19?,20+/m0/s1. The molecular formula is C20H32O2. The van der Waals surface area contributed by atoms with Crippen molar-refractivity contribution in [3.8, 4) is 0 Å². The van der Waals surface area contributed by atoms with Crippen LogP contribution in [0.15, 0.2) is 23.8 Å². The number of hydrogen-bond acceptors (Lipinski definition) is 2. The molecule has 0 aromatic heterocycles. The number of rotatable bonds is 2. The van der Waals surface area contributed by atoms with Gasteiger partial charge in [-0.05, 0) is 51.4 Å². The molecule has 2 heteroatoms. The first-order valence-corrected chi connectivity index (χ1v) is 8.79. The van der Waals surface area contributed by atoms with Crippen LogP contribution in [0.5, 0.6) is 0 Å². The minimum atomic E-state index is -0.108. The molecule has 0 aromatic rings. The van der Waals surface area contributed by atoms with Crippen LogP contribution in [-0.4, -0.2) is 17.5 Å². The summed E-state index contributed by atoms with van der Waals surface area (Å²) in [7, 11) is 0. The Morgan fingerprint density at radius 3 is 2.68 bits per heavy atom. The number of Topliss-reactive ketones (excluding diaryl/α,β-unsaturated/α-hetero) is 1. The predicted molar refractivity (Wildman–Crippen MR) is 91.8 cm³/mol. The number of carbonyl (C=O) groups is 1. The van der Waals surface area contributed by atoms with Gasteiger partial charge in [-0.3, -0.25) is 4.79 Å². The number of hydrogen-bond donors (Lipinski definition) is 0. The molecule has 1 aliphatic carbocycles. The van der Waals surface area contributed by atoms with E-state index >= 15 is 0 Å². The summed E-state index contributed by atoms with van der Waals surface area (Å²) in [6.45, 7) is 14.9. The SMILES string of the molecule is C=C(C)[C@@H]1/C=C(/C(C)C)CC[C@@]2(C)OC2CC[C@H](C)CC1=O. The quantitative estimate of drug-likeness (QED) is 0.525. The van der Waals surface area contributed by atoms with Crippen LogP contribution >= 0.6 is 0 Å². The first-order valence-electron chi connectivity index (χ1n) is 8.79. The molecule has 0 N–H and O–H groups in total. The fourth-order valence-electron chi connectivity index (χ4n) is 3.56. The van der Waals surface area contributed by atoms with Crippen molar-refractivity contribution in [3.63, 3.8) is 0 Å². The number of ketones is 1. The largest absolute Gasteiger partial charge is 0.366 e. The summed E-state index contributed by atoms with van der Waals surface area (Å²) in [5.41, 5.74) is 2.42. The van der Waals surface area contributed by atoms with E-state index in [9.17, 15) is 4.79 Å². The summed E-state index contributed by atoms with van der Waals surface area (Å²) >= 11 is 0. The van der Waals surface area contributed by atoms with Gasteiger partial charge < -0.3 is 4.74 Å². The van der Waals surface area contributed by atoms with Gasteiger partial charge in [0, 0.05) is 6.42 Å². The van der Waals surface area contributed by atoms with E-state index in [1.807, 2.05) is 6.92 Å². The molecule has 2 aliphatic rings. The number of carbonyl (C=O) groups excluding carboxylic acids is 1. The Bertz CT molecular complexity index is 474. The fraction of sp³-hybridized carbons (Fsp3) is 0.750. The van der Waals surface area contributed by atoms with Gasteiger partial charge in [-0.2, -0.15) is 0 Å². The molecule has 1 unspecified atom stereocenters. The zero-order chi connectivity index (χ0) is 16.5. The van der Waals surface area contributed by atoms with E-state index in [1.165, 1.54) is 5.57 Å². The van der Waals surface area contributed by atoms with E-state index in [-0.39, 0.29) is 11.5 Å². The highest BCUT2D eigenvalue weighted by Gasteiger charge is 2.51.